The van der Waals surface area contributed by atoms with Crippen molar-refractivity contribution in [1.82, 2.24) is 9.78 Å². The average molecular weight is 203 g/mol. The number of ether oxygens (including phenoxy) is 1. The van der Waals surface area contributed by atoms with Gasteiger partial charge < -0.3 is 10.5 Å². The van der Waals surface area contributed by atoms with Gasteiger partial charge in [0.05, 0.1) is 24.7 Å². The van der Waals surface area contributed by atoms with Crippen LogP contribution in [0.15, 0.2) is 30.5 Å². The molecule has 0 radical (unpaired) electrons. The molecule has 0 aliphatic rings. The van der Waals surface area contributed by atoms with Crippen molar-refractivity contribution in [2.75, 3.05) is 12.8 Å². The highest BCUT2D eigenvalue weighted by molar-refractivity contribution is 5.77. The topological polar surface area (TPSA) is 53.1 Å². The van der Waals surface area contributed by atoms with Gasteiger partial charge in [-0.05, 0) is 12.1 Å². The highest BCUT2D eigenvalue weighted by Crippen LogP contribution is 2.32. The summed E-state index contributed by atoms with van der Waals surface area (Å²) in [6, 6.07) is 7.74. The summed E-state index contributed by atoms with van der Waals surface area (Å²) in [5.41, 5.74) is 8.35. The molecule has 0 atom stereocenters. The van der Waals surface area contributed by atoms with E-state index in [4.69, 9.17) is 10.5 Å². The van der Waals surface area contributed by atoms with Gasteiger partial charge in [-0.1, -0.05) is 12.1 Å². The predicted octanol–water partition coefficient (Wildman–Crippen LogP) is 1.68. The fourth-order valence-electron chi connectivity index (χ4n) is 1.62. The van der Waals surface area contributed by atoms with Crippen molar-refractivity contribution in [3.05, 3.63) is 30.5 Å². The van der Waals surface area contributed by atoms with E-state index in [1.54, 1.807) is 18.0 Å². The lowest BCUT2D eigenvalue weighted by atomic mass is 10.1. The van der Waals surface area contributed by atoms with E-state index in [0.29, 0.717) is 5.69 Å². The predicted molar refractivity (Wildman–Crippen MR) is 59.6 cm³/mol. The van der Waals surface area contributed by atoms with Crippen LogP contribution >= 0.6 is 0 Å². The Bertz CT molecular complexity index is 457. The van der Waals surface area contributed by atoms with E-state index in [0.717, 1.165) is 17.0 Å². The van der Waals surface area contributed by atoms with Crippen molar-refractivity contribution in [3.8, 4) is 17.0 Å². The summed E-state index contributed by atoms with van der Waals surface area (Å²) in [6.07, 6.45) is 1.64. The first kappa shape index (κ1) is 9.58. The second-order valence-electron chi connectivity index (χ2n) is 3.27. The standard InChI is InChI=1S/C11H13N3O/c1-14-11(9(12)7-13-14)8-5-3-4-6-10(8)15-2/h3-7H,12H2,1-2H3. The van der Waals surface area contributed by atoms with E-state index in [1.807, 2.05) is 31.3 Å². The number of nitrogens with two attached hydrogens (primary N) is 1. The number of anilines is 1. The second-order valence-corrected chi connectivity index (χ2v) is 3.27. The fourth-order valence-corrected chi connectivity index (χ4v) is 1.62. The SMILES string of the molecule is COc1ccccc1-c1c(N)cnn1C. The van der Waals surface area contributed by atoms with E-state index >= 15 is 0 Å². The van der Waals surface area contributed by atoms with Crippen LogP contribution in [0.25, 0.3) is 11.3 Å². The molecule has 78 valence electrons. The molecular formula is C11H13N3O. The van der Waals surface area contributed by atoms with Gasteiger partial charge in [0.2, 0.25) is 0 Å². The van der Waals surface area contributed by atoms with Crippen LogP contribution in [0.1, 0.15) is 0 Å². The van der Waals surface area contributed by atoms with Gasteiger partial charge in [-0.2, -0.15) is 5.10 Å². The normalized spacial score (nSPS) is 10.3. The third-order valence-corrected chi connectivity index (χ3v) is 2.33. The minimum atomic E-state index is 0.655. The molecule has 4 nitrogen and oxygen atoms in total. The Labute approximate surface area is 88.3 Å². The van der Waals surface area contributed by atoms with Crippen LogP contribution in [-0.2, 0) is 7.05 Å². The fraction of sp³-hybridized carbons (Fsp3) is 0.182. The van der Waals surface area contributed by atoms with Gasteiger partial charge in [0.25, 0.3) is 0 Å². The third kappa shape index (κ3) is 1.54. The molecule has 0 aliphatic heterocycles. The highest BCUT2D eigenvalue weighted by atomic mass is 16.5. The second kappa shape index (κ2) is 3.65. The number of aryl methyl sites for hydroxylation is 1. The molecule has 0 amide bonds. The van der Waals surface area contributed by atoms with Gasteiger partial charge in [-0.15, -0.1) is 0 Å². The number of para-hydroxylation sites is 1. The number of hydrogen-bond acceptors (Lipinski definition) is 3. The zero-order valence-corrected chi connectivity index (χ0v) is 8.77. The Morgan fingerprint density at radius 2 is 2.07 bits per heavy atom. The lowest BCUT2D eigenvalue weighted by Gasteiger charge is -2.08. The van der Waals surface area contributed by atoms with Crippen LogP contribution in [-0.4, -0.2) is 16.9 Å². The number of nitrogens with zero attached hydrogens (tertiary/aromatic N) is 2. The van der Waals surface area contributed by atoms with Crippen molar-refractivity contribution in [2.45, 2.75) is 0 Å². The molecule has 0 bridgehead atoms. The first-order chi connectivity index (χ1) is 7.24. The van der Waals surface area contributed by atoms with Crippen molar-refractivity contribution < 1.29 is 4.74 Å². The number of hydrogen-bond donors (Lipinski definition) is 1. The Balaban J connectivity index is 2.63. The summed E-state index contributed by atoms with van der Waals surface area (Å²) in [6.45, 7) is 0. The molecule has 1 aromatic heterocycles. The number of aromatic nitrogens is 2. The molecular weight excluding hydrogens is 190 g/mol. The molecule has 0 spiro atoms. The molecule has 15 heavy (non-hydrogen) atoms. The number of nitrogen functional groups attached to an aromatic ring is 1. The number of rotatable bonds is 2. The van der Waals surface area contributed by atoms with Crippen LogP contribution in [0.4, 0.5) is 5.69 Å². The van der Waals surface area contributed by atoms with Gasteiger partial charge in [-0.3, -0.25) is 4.68 Å². The summed E-state index contributed by atoms with van der Waals surface area (Å²) >= 11 is 0. The lowest BCUT2D eigenvalue weighted by Crippen LogP contribution is -1.97. The maximum atomic E-state index is 5.86. The van der Waals surface area contributed by atoms with Gasteiger partial charge in [0.15, 0.2) is 0 Å². The quantitative estimate of drug-likeness (QED) is 0.807. The molecule has 2 rings (SSSR count). The van der Waals surface area contributed by atoms with Crippen molar-refractivity contribution >= 4 is 5.69 Å². The molecule has 0 fully saturated rings. The first-order valence-electron chi connectivity index (χ1n) is 4.65. The molecule has 4 heteroatoms. The van der Waals surface area contributed by atoms with E-state index in [2.05, 4.69) is 5.10 Å². The molecule has 2 N–H and O–H groups in total. The monoisotopic (exact) mass is 203 g/mol. The zero-order chi connectivity index (χ0) is 10.8. The van der Waals surface area contributed by atoms with Crippen LogP contribution in [0.5, 0.6) is 5.75 Å². The number of benzene rings is 1. The van der Waals surface area contributed by atoms with Crippen molar-refractivity contribution in [2.24, 2.45) is 7.05 Å². The van der Waals surface area contributed by atoms with Crippen LogP contribution in [0.2, 0.25) is 0 Å². The van der Waals surface area contributed by atoms with E-state index in [-0.39, 0.29) is 0 Å². The summed E-state index contributed by atoms with van der Waals surface area (Å²) in [7, 11) is 3.50. The summed E-state index contributed by atoms with van der Waals surface area (Å²) < 4.78 is 7.03. The van der Waals surface area contributed by atoms with E-state index in [1.165, 1.54) is 0 Å². The minimum absolute atomic E-state index is 0.655. The smallest absolute Gasteiger partial charge is 0.128 e. The van der Waals surface area contributed by atoms with Gasteiger partial charge in [0.1, 0.15) is 5.75 Å². The summed E-state index contributed by atoms with van der Waals surface area (Å²) in [5.74, 6) is 0.799. The number of methoxy groups -OCH3 is 1. The first-order valence-corrected chi connectivity index (χ1v) is 4.65. The van der Waals surface area contributed by atoms with Crippen molar-refractivity contribution in [1.29, 1.82) is 0 Å². The lowest BCUT2D eigenvalue weighted by molar-refractivity contribution is 0.416. The Kier molecular flexibility index (Phi) is 2.33. The minimum Gasteiger partial charge on any atom is -0.496 e. The van der Waals surface area contributed by atoms with Crippen LogP contribution < -0.4 is 10.5 Å². The molecule has 2 aromatic rings. The van der Waals surface area contributed by atoms with Crippen LogP contribution in [0.3, 0.4) is 0 Å². The Hall–Kier alpha value is -1.97. The third-order valence-electron chi connectivity index (χ3n) is 2.33. The average Bonchev–Trinajstić information content (AvgIpc) is 2.59. The van der Waals surface area contributed by atoms with Crippen LogP contribution in [0, 0.1) is 0 Å². The van der Waals surface area contributed by atoms with E-state index in [9.17, 15) is 0 Å². The van der Waals surface area contributed by atoms with E-state index < -0.39 is 0 Å². The van der Waals surface area contributed by atoms with Gasteiger partial charge in [-0.25, -0.2) is 0 Å². The molecule has 1 heterocycles. The molecule has 0 unspecified atom stereocenters. The maximum absolute atomic E-state index is 5.86. The molecule has 0 saturated carbocycles. The van der Waals surface area contributed by atoms with Crippen molar-refractivity contribution in [3.63, 3.8) is 0 Å². The van der Waals surface area contributed by atoms with Gasteiger partial charge >= 0.3 is 0 Å². The Morgan fingerprint density at radius 1 is 1.33 bits per heavy atom. The molecule has 1 aromatic carbocycles. The summed E-state index contributed by atoms with van der Waals surface area (Å²) in [4.78, 5) is 0. The highest BCUT2D eigenvalue weighted by Gasteiger charge is 2.12. The molecule has 0 saturated heterocycles. The zero-order valence-electron chi connectivity index (χ0n) is 8.77. The largest absolute Gasteiger partial charge is 0.496 e. The molecule has 0 aliphatic carbocycles. The summed E-state index contributed by atoms with van der Waals surface area (Å²) in [5, 5.41) is 4.10. The maximum Gasteiger partial charge on any atom is 0.128 e. The Morgan fingerprint density at radius 3 is 2.67 bits per heavy atom. The van der Waals surface area contributed by atoms with Gasteiger partial charge in [0, 0.05) is 12.6 Å².